The molecule has 6 aromatic carbocycles. The molecule has 4 fully saturated rings. The summed E-state index contributed by atoms with van der Waals surface area (Å²) in [4.78, 5) is 0.193. The Labute approximate surface area is 693 Å². The first-order valence-electron chi connectivity index (χ1n) is 33.8. The van der Waals surface area contributed by atoms with Crippen LogP contribution in [0.3, 0.4) is 0 Å². The van der Waals surface area contributed by atoms with Gasteiger partial charge in [0.25, 0.3) is 10.1 Å². The van der Waals surface area contributed by atoms with Crippen molar-refractivity contribution >= 4 is 154 Å². The van der Waals surface area contributed by atoms with E-state index in [1.54, 1.807) is 30.5 Å². The van der Waals surface area contributed by atoms with E-state index < -0.39 is 43.8 Å². The molecule has 16 nitrogen and oxygen atoms in total. The fourth-order valence-electron chi connectivity index (χ4n) is 9.30. The van der Waals surface area contributed by atoms with Gasteiger partial charge in [-0.15, -0.1) is 0 Å². The summed E-state index contributed by atoms with van der Waals surface area (Å²) in [5.74, 6) is 1.60. The van der Waals surface area contributed by atoms with Crippen LogP contribution in [0.2, 0.25) is 0 Å². The Morgan fingerprint density at radius 1 is 0.519 bits per heavy atom. The number of hydrogen-bond acceptors (Lipinski definition) is 18. The fourth-order valence-corrected chi connectivity index (χ4v) is 13.2. The molecule has 10 rings (SSSR count). The molecule has 0 saturated carbocycles. The van der Waals surface area contributed by atoms with E-state index in [1.807, 2.05) is 211 Å². The summed E-state index contributed by atoms with van der Waals surface area (Å²) in [5.41, 5.74) is 5.50. The summed E-state index contributed by atoms with van der Waals surface area (Å²) in [6.45, 7) is 27.5. The zero-order valence-corrected chi connectivity index (χ0v) is 77.7. The van der Waals surface area contributed by atoms with Crippen molar-refractivity contribution in [1.29, 1.82) is 0 Å². The molecule has 572 valence electrons. The van der Waals surface area contributed by atoms with E-state index in [2.05, 4.69) is 116 Å². The molecule has 2 unspecified atom stereocenters. The number of aryl methyl sites for hydroxylation is 4. The summed E-state index contributed by atoms with van der Waals surface area (Å²) in [6.07, 6.45) is 12.6. The third kappa shape index (κ3) is 36.2. The van der Waals surface area contributed by atoms with Crippen molar-refractivity contribution in [3.8, 4) is 0 Å². The van der Waals surface area contributed by atoms with Crippen LogP contribution < -0.4 is 35.0 Å². The van der Waals surface area contributed by atoms with Gasteiger partial charge in [0.2, 0.25) is 0 Å². The van der Waals surface area contributed by atoms with Gasteiger partial charge in [-0.1, -0.05) is 164 Å². The molecular weight excluding hydrogens is 1710 g/mol. The molecule has 4 heterocycles. The van der Waals surface area contributed by atoms with Crippen LogP contribution in [-0.4, -0.2) is 165 Å². The van der Waals surface area contributed by atoms with Crippen LogP contribution in [-0.2, 0) is 111 Å². The quantitative estimate of drug-likeness (QED) is 0.0347. The molecule has 0 bridgehead atoms. The minimum Gasteiger partial charge on any atom is -0.796 e. The number of halogens is 4. The Morgan fingerprint density at radius 3 is 1.13 bits per heavy atom. The third-order valence-corrected chi connectivity index (χ3v) is 24.0. The van der Waals surface area contributed by atoms with E-state index in [1.165, 1.54) is 48.7 Å². The second-order valence-electron chi connectivity index (χ2n) is 28.0. The van der Waals surface area contributed by atoms with Crippen LogP contribution in [0.1, 0.15) is 129 Å². The number of aliphatic hydroxyl groups is 1. The predicted molar refractivity (Wildman–Crippen MR) is 448 cm³/mol. The average Bonchev–Trinajstić information content (AvgIpc) is 1.62. The first kappa shape index (κ1) is 99.1. The number of nitrogens with zero attached hydrogens (tertiary/aromatic N) is 1. The minimum atomic E-state index is -3.66. The maximum atomic E-state index is 12.0. The zero-order valence-electron chi connectivity index (χ0n) is 64.1. The normalized spacial score (nSPS) is 17.7. The van der Waals surface area contributed by atoms with Crippen LogP contribution in [0, 0.1) is 6.92 Å². The molecule has 6 aromatic rings. The second-order valence-corrected chi connectivity index (χ2v) is 39.6. The fraction of sp³-hybridized carbons (Fsp3) is 0.514. The van der Waals surface area contributed by atoms with Crippen LogP contribution in [0.4, 0.5) is 0 Å². The molecule has 0 aliphatic carbocycles. The van der Waals surface area contributed by atoms with Crippen molar-refractivity contribution < 1.29 is 96.8 Å². The number of sulfone groups is 2. The molecule has 4 aliphatic heterocycles. The maximum absolute atomic E-state index is 12.0. The van der Waals surface area contributed by atoms with E-state index in [0.29, 0.717) is 25.5 Å². The van der Waals surface area contributed by atoms with Crippen molar-refractivity contribution in [3.05, 3.63) is 197 Å². The topological polar surface area (TPSA) is 200 Å². The minimum absolute atomic E-state index is 0. The number of thioether (sulfide) groups is 1. The van der Waals surface area contributed by atoms with Gasteiger partial charge in [0.05, 0.1) is 56.6 Å². The van der Waals surface area contributed by atoms with Gasteiger partial charge in [-0.2, -0.15) is 26.4 Å². The Hall–Kier alpha value is -0.985. The molecule has 0 amide bonds. The standard InChI is InChI=1S/C15H23BO4S.C15H15BrO3S.C12H24B2O4.C9H11BrO2S.C9H11BrS.C8H9BrO.C5H12NOP.CH4S.Na/c1-14(2)15(3,4)20-16(19-14)13-8-6-12(7-9-13)10-11-21(5,17)18;1-12-2-8-15(9-3-12)20(17,18)19-11-10-13-4-6-14(16)7-5-13;1-9(2)10(3,4)16-13(15-9)14-17-11(5,6)12(7,8)18-14;1-13(11,12)7-6-8-2-4-9(10)5-3-8;1-11-7-6-8-2-4-9(10)5-3-8;9-8-3-1-7(2-4-8)5-6-10;1-6(8)5-3-2-4-7-5;1-2;/h6-9H,10-11H2,1-5H3;2-9H,10-11H2,1H3;1-8H3;2-5H,6-7H2,1H3;2-5H,6-7H2,1H3;1-4,10H,5-6H2;5H,2-4,8H2,1H3;2H,1H3;/q;;;;;;;;+1/p-1. The second kappa shape index (κ2) is 46.3. The molecule has 0 aromatic heterocycles. The molecular formula is C74H108B3Br4NNaO15PS5. The van der Waals surface area contributed by atoms with Gasteiger partial charge >= 0.3 is 50.7 Å². The molecule has 30 heteroatoms. The van der Waals surface area contributed by atoms with E-state index >= 15 is 0 Å². The molecule has 4 aliphatic rings. The molecule has 2 atom stereocenters. The smallest absolute Gasteiger partial charge is 0.796 e. The monoisotopic (exact) mass is 1810 g/mol. The molecule has 104 heavy (non-hydrogen) atoms. The van der Waals surface area contributed by atoms with Crippen LogP contribution >= 0.6 is 84.9 Å². The summed E-state index contributed by atoms with van der Waals surface area (Å²) in [7, 11) is -6.14. The van der Waals surface area contributed by atoms with Crippen molar-refractivity contribution in [2.75, 3.05) is 69.1 Å². The van der Waals surface area contributed by atoms with Crippen LogP contribution in [0.5, 0.6) is 0 Å². The first-order valence-corrected chi connectivity index (χ1v) is 45.3. The van der Waals surface area contributed by atoms with E-state index in [-0.39, 0.29) is 99.9 Å². The van der Waals surface area contributed by atoms with Gasteiger partial charge in [-0.25, -0.2) is 16.8 Å². The first-order chi connectivity index (χ1) is 47.8. The van der Waals surface area contributed by atoms with Gasteiger partial charge in [0, 0.05) is 43.6 Å². The predicted octanol–water partition coefficient (Wildman–Crippen LogP) is 12.9. The summed E-state index contributed by atoms with van der Waals surface area (Å²) < 4.78 is 120. The number of ether oxygens (including phenoxy) is 1. The van der Waals surface area contributed by atoms with Gasteiger partial charge in [0.15, 0.2) is 0 Å². The molecule has 4 saturated heterocycles. The number of aliphatic hydroxyl groups excluding tert-OH is 1. The Bertz CT molecular complexity index is 3720. The van der Waals surface area contributed by atoms with Gasteiger partial charge in [-0.3, -0.25) is 8.85 Å². The van der Waals surface area contributed by atoms with Crippen molar-refractivity contribution in [3.63, 3.8) is 0 Å². The number of benzene rings is 6. The number of hydrogen-bond donors (Lipinski definition) is 1. The molecule has 0 spiro atoms. The van der Waals surface area contributed by atoms with E-state index in [0.717, 1.165) is 58.6 Å². The summed E-state index contributed by atoms with van der Waals surface area (Å²) in [5, 5.41) is 8.58. The summed E-state index contributed by atoms with van der Waals surface area (Å²) >= 11 is 19.4. The van der Waals surface area contributed by atoms with Gasteiger partial charge < -0.3 is 50.4 Å². The SMILES string of the molecule is CC1(C)OB(B2OC(C)(C)C(C)(C)O2)OC1(C)C.CC1(C)OB(c2ccc(CCS(C)(=O)=O)cc2)OC1(C)C.CN(P)C1CCCO1.CS(=O)(=O)CCc1ccc(Br)cc1.CSCCc1ccc(Br)cc1.C[S-].Cc1ccc(S(=O)(=O)OCCc2ccc(Br)cc2)cc1.OCCc1ccc(Br)cc1.[Na+]. The van der Waals surface area contributed by atoms with Crippen LogP contribution in [0.25, 0.3) is 0 Å². The van der Waals surface area contributed by atoms with E-state index in [9.17, 15) is 25.3 Å². The zero-order chi connectivity index (χ0) is 77.8. The van der Waals surface area contributed by atoms with Crippen molar-refractivity contribution in [2.45, 2.75) is 180 Å². The Balaban J connectivity index is 0.000000419. The summed E-state index contributed by atoms with van der Waals surface area (Å²) in [6, 6.07) is 46.3. The average molecular weight is 1820 g/mol. The molecule has 1 N–H and O–H groups in total. The van der Waals surface area contributed by atoms with Crippen LogP contribution in [0.15, 0.2) is 168 Å². The van der Waals surface area contributed by atoms with Crippen molar-refractivity contribution in [1.82, 2.24) is 4.67 Å². The third-order valence-electron chi connectivity index (χ3n) is 17.7. The maximum Gasteiger partial charge on any atom is 1.00 e. The largest absolute Gasteiger partial charge is 1.00 e. The van der Waals surface area contributed by atoms with Gasteiger partial charge in [-0.05, 0) is 248 Å². The van der Waals surface area contributed by atoms with E-state index in [4.69, 9.17) is 42.0 Å². The Morgan fingerprint density at radius 2 is 0.837 bits per heavy atom. The van der Waals surface area contributed by atoms with Crippen molar-refractivity contribution in [2.24, 2.45) is 0 Å². The van der Waals surface area contributed by atoms with Gasteiger partial charge in [0.1, 0.15) is 25.9 Å². The molecule has 0 radical (unpaired) electrons. The Kier molecular flexibility index (Phi) is 44.1. The number of rotatable bonds is 19.